The van der Waals surface area contributed by atoms with Gasteiger partial charge in [0.25, 0.3) is 0 Å². The van der Waals surface area contributed by atoms with Gasteiger partial charge in [0.05, 0.1) is 12.1 Å². The predicted molar refractivity (Wildman–Crippen MR) is 54.9 cm³/mol. The first-order valence-corrected chi connectivity index (χ1v) is 5.18. The lowest BCUT2D eigenvalue weighted by atomic mass is 9.97. The van der Waals surface area contributed by atoms with Crippen molar-refractivity contribution in [3.05, 3.63) is 0 Å². The van der Waals surface area contributed by atoms with E-state index in [1.54, 1.807) is 11.9 Å². The molecular formula is C10H20N2O2. The maximum atomic E-state index is 11.8. The molecule has 1 heterocycles. The standard InChI is InChI=1S/C10H20N2O2/c1-7-4-9(13)6-12(5-7)10(14)8(2)11-3/h7-9,11,13H,4-6H2,1-3H3/t7-,8-,9+/m0/s1. The summed E-state index contributed by atoms with van der Waals surface area (Å²) in [5.74, 6) is 0.477. The average Bonchev–Trinajstić information content (AvgIpc) is 2.14. The van der Waals surface area contributed by atoms with Crippen molar-refractivity contribution in [3.8, 4) is 0 Å². The number of β-amino-alcohol motifs (C(OH)–C–C–N with tert-alkyl or cyclic N) is 1. The van der Waals surface area contributed by atoms with E-state index in [0.29, 0.717) is 12.5 Å². The van der Waals surface area contributed by atoms with Crippen LogP contribution in [0.3, 0.4) is 0 Å². The number of hydrogen-bond donors (Lipinski definition) is 2. The number of carbonyl (C=O) groups excluding carboxylic acids is 1. The summed E-state index contributed by atoms with van der Waals surface area (Å²) in [5, 5.41) is 12.5. The van der Waals surface area contributed by atoms with E-state index in [0.717, 1.165) is 13.0 Å². The highest BCUT2D eigenvalue weighted by atomic mass is 16.3. The highest BCUT2D eigenvalue weighted by Gasteiger charge is 2.28. The van der Waals surface area contributed by atoms with Crippen LogP contribution in [0.2, 0.25) is 0 Å². The van der Waals surface area contributed by atoms with Gasteiger partial charge in [0.15, 0.2) is 0 Å². The van der Waals surface area contributed by atoms with E-state index in [1.807, 2.05) is 6.92 Å². The second-order valence-corrected chi connectivity index (χ2v) is 4.25. The molecule has 1 amide bonds. The summed E-state index contributed by atoms with van der Waals surface area (Å²) in [5.41, 5.74) is 0. The number of aliphatic hydroxyl groups excluding tert-OH is 1. The van der Waals surface area contributed by atoms with Gasteiger partial charge in [-0.3, -0.25) is 4.79 Å². The molecule has 0 spiro atoms. The Morgan fingerprint density at radius 2 is 2.21 bits per heavy atom. The topological polar surface area (TPSA) is 52.6 Å². The van der Waals surface area contributed by atoms with Crippen molar-refractivity contribution in [2.45, 2.75) is 32.4 Å². The van der Waals surface area contributed by atoms with Crippen molar-refractivity contribution in [2.75, 3.05) is 20.1 Å². The van der Waals surface area contributed by atoms with Gasteiger partial charge < -0.3 is 15.3 Å². The lowest BCUT2D eigenvalue weighted by Gasteiger charge is -2.35. The van der Waals surface area contributed by atoms with Crippen LogP contribution >= 0.6 is 0 Å². The highest BCUT2D eigenvalue weighted by molar-refractivity contribution is 5.81. The minimum atomic E-state index is -0.355. The number of nitrogens with one attached hydrogen (secondary N) is 1. The molecule has 1 saturated heterocycles. The van der Waals surface area contributed by atoms with Gasteiger partial charge in [-0.05, 0) is 26.3 Å². The summed E-state index contributed by atoms with van der Waals surface area (Å²) >= 11 is 0. The molecule has 0 aromatic heterocycles. The number of piperidine rings is 1. The van der Waals surface area contributed by atoms with E-state index in [-0.39, 0.29) is 18.1 Å². The molecule has 0 aromatic rings. The number of amides is 1. The first kappa shape index (κ1) is 11.5. The molecule has 1 aliphatic rings. The molecule has 1 rings (SSSR count). The highest BCUT2D eigenvalue weighted by Crippen LogP contribution is 2.16. The zero-order valence-electron chi connectivity index (χ0n) is 9.16. The first-order valence-electron chi connectivity index (χ1n) is 5.18. The number of rotatable bonds is 2. The van der Waals surface area contributed by atoms with Gasteiger partial charge >= 0.3 is 0 Å². The Morgan fingerprint density at radius 3 is 2.71 bits per heavy atom. The van der Waals surface area contributed by atoms with Crippen molar-refractivity contribution in [3.63, 3.8) is 0 Å². The van der Waals surface area contributed by atoms with Gasteiger partial charge in [0, 0.05) is 13.1 Å². The second kappa shape index (κ2) is 4.75. The van der Waals surface area contributed by atoms with Gasteiger partial charge in [-0.15, -0.1) is 0 Å². The molecule has 1 fully saturated rings. The summed E-state index contributed by atoms with van der Waals surface area (Å²) in [6.07, 6.45) is 0.448. The van der Waals surface area contributed by atoms with Crippen LogP contribution < -0.4 is 5.32 Å². The van der Waals surface area contributed by atoms with E-state index in [2.05, 4.69) is 12.2 Å². The van der Waals surface area contributed by atoms with Crippen LogP contribution in [0.15, 0.2) is 0 Å². The third-order valence-corrected chi connectivity index (χ3v) is 2.75. The van der Waals surface area contributed by atoms with Crippen LogP contribution in [0.25, 0.3) is 0 Å². The minimum Gasteiger partial charge on any atom is -0.391 e. The zero-order valence-corrected chi connectivity index (χ0v) is 9.16. The van der Waals surface area contributed by atoms with Gasteiger partial charge in [-0.2, -0.15) is 0 Å². The third kappa shape index (κ3) is 2.69. The maximum Gasteiger partial charge on any atom is 0.239 e. The Morgan fingerprint density at radius 1 is 1.57 bits per heavy atom. The molecule has 0 bridgehead atoms. The number of hydrogen-bond acceptors (Lipinski definition) is 3. The Kier molecular flexibility index (Phi) is 3.89. The van der Waals surface area contributed by atoms with Crippen molar-refractivity contribution >= 4 is 5.91 Å². The van der Waals surface area contributed by atoms with Crippen LogP contribution in [-0.4, -0.2) is 48.2 Å². The fourth-order valence-electron chi connectivity index (χ4n) is 1.90. The van der Waals surface area contributed by atoms with Crippen LogP contribution in [0.4, 0.5) is 0 Å². The largest absolute Gasteiger partial charge is 0.391 e. The van der Waals surface area contributed by atoms with Gasteiger partial charge in [-0.25, -0.2) is 0 Å². The molecule has 4 heteroatoms. The van der Waals surface area contributed by atoms with E-state index in [9.17, 15) is 9.90 Å². The van der Waals surface area contributed by atoms with Crippen LogP contribution in [-0.2, 0) is 4.79 Å². The third-order valence-electron chi connectivity index (χ3n) is 2.75. The van der Waals surface area contributed by atoms with E-state index < -0.39 is 0 Å². The van der Waals surface area contributed by atoms with E-state index in [4.69, 9.17) is 0 Å². The number of carbonyl (C=O) groups is 1. The van der Waals surface area contributed by atoms with Crippen LogP contribution in [0.1, 0.15) is 20.3 Å². The van der Waals surface area contributed by atoms with Gasteiger partial charge in [-0.1, -0.05) is 6.92 Å². The Labute approximate surface area is 85.3 Å². The fraction of sp³-hybridized carbons (Fsp3) is 0.900. The van der Waals surface area contributed by atoms with Crippen molar-refractivity contribution in [2.24, 2.45) is 5.92 Å². The molecule has 3 atom stereocenters. The average molecular weight is 200 g/mol. The summed E-state index contributed by atoms with van der Waals surface area (Å²) in [4.78, 5) is 13.5. The first-order chi connectivity index (χ1) is 6.54. The molecule has 0 unspecified atom stereocenters. The Balaban J connectivity index is 2.54. The molecule has 0 saturated carbocycles. The molecule has 2 N–H and O–H groups in total. The normalized spacial score (nSPS) is 30.1. The Hall–Kier alpha value is -0.610. The zero-order chi connectivity index (χ0) is 10.7. The lowest BCUT2D eigenvalue weighted by Crippen LogP contribution is -2.51. The number of likely N-dealkylation sites (N-methyl/N-ethyl adjacent to an activating group) is 1. The summed E-state index contributed by atoms with van der Waals surface area (Å²) < 4.78 is 0. The molecule has 1 aliphatic heterocycles. The quantitative estimate of drug-likeness (QED) is 0.650. The molecule has 4 nitrogen and oxygen atoms in total. The Bertz CT molecular complexity index is 198. The SMILES string of the molecule is CN[C@@H](C)C(=O)N1C[C@@H](C)C[C@@H](O)C1. The van der Waals surface area contributed by atoms with Crippen molar-refractivity contribution < 1.29 is 9.90 Å². The van der Waals surface area contributed by atoms with E-state index in [1.165, 1.54) is 0 Å². The van der Waals surface area contributed by atoms with Gasteiger partial charge in [0.2, 0.25) is 5.91 Å². The van der Waals surface area contributed by atoms with E-state index >= 15 is 0 Å². The number of nitrogens with zero attached hydrogens (tertiary/aromatic N) is 1. The number of likely N-dealkylation sites (tertiary alicyclic amines) is 1. The molecule has 14 heavy (non-hydrogen) atoms. The summed E-state index contributed by atoms with van der Waals surface area (Å²) in [6, 6.07) is -0.160. The second-order valence-electron chi connectivity index (χ2n) is 4.25. The molecule has 0 aliphatic carbocycles. The summed E-state index contributed by atoms with van der Waals surface area (Å²) in [7, 11) is 1.77. The van der Waals surface area contributed by atoms with Crippen LogP contribution in [0.5, 0.6) is 0 Å². The summed E-state index contributed by atoms with van der Waals surface area (Å²) in [6.45, 7) is 5.15. The fourth-order valence-corrected chi connectivity index (χ4v) is 1.90. The number of aliphatic hydroxyl groups is 1. The minimum absolute atomic E-state index is 0.0816. The van der Waals surface area contributed by atoms with Gasteiger partial charge in [0.1, 0.15) is 0 Å². The molecule has 0 radical (unpaired) electrons. The molecular weight excluding hydrogens is 180 g/mol. The maximum absolute atomic E-state index is 11.8. The van der Waals surface area contributed by atoms with Crippen molar-refractivity contribution in [1.82, 2.24) is 10.2 Å². The van der Waals surface area contributed by atoms with Crippen LogP contribution in [0, 0.1) is 5.92 Å². The molecule has 0 aromatic carbocycles. The predicted octanol–water partition coefficient (Wildman–Crippen LogP) is -0.176. The van der Waals surface area contributed by atoms with Crippen molar-refractivity contribution in [1.29, 1.82) is 0 Å². The lowest BCUT2D eigenvalue weighted by molar-refractivity contribution is -0.137. The smallest absolute Gasteiger partial charge is 0.239 e. The monoisotopic (exact) mass is 200 g/mol. The molecule has 82 valence electrons.